The number of benzene rings is 2. The van der Waals surface area contributed by atoms with Crippen LogP contribution in [-0.2, 0) is 4.74 Å². The second kappa shape index (κ2) is 6.54. The molecule has 0 fully saturated rings. The van der Waals surface area contributed by atoms with Crippen molar-refractivity contribution in [1.82, 2.24) is 4.57 Å². The van der Waals surface area contributed by atoms with Crippen molar-refractivity contribution in [2.75, 3.05) is 7.11 Å². The molecule has 1 heterocycles. The first-order chi connectivity index (χ1) is 11.6. The molecule has 0 atom stereocenters. The number of Topliss-reactive ketones (excluding diaryl/α,β-unsaturated/α-hetero) is 1. The number of ether oxygens (including phenoxy) is 1. The van der Waals surface area contributed by atoms with E-state index in [4.69, 9.17) is 4.74 Å². The van der Waals surface area contributed by atoms with Crippen LogP contribution < -0.4 is 0 Å². The Bertz CT molecular complexity index is 880. The summed E-state index contributed by atoms with van der Waals surface area (Å²) in [4.78, 5) is 24.5. The highest BCUT2D eigenvalue weighted by Crippen LogP contribution is 2.32. The first-order valence-electron chi connectivity index (χ1n) is 7.59. The zero-order valence-electron chi connectivity index (χ0n) is 13.5. The van der Waals surface area contributed by atoms with Crippen molar-refractivity contribution in [2.45, 2.75) is 6.92 Å². The fraction of sp³-hybridized carbons (Fsp3) is 0.100. The molecular formula is C20H17NO3. The number of aromatic nitrogens is 1. The van der Waals surface area contributed by atoms with Crippen LogP contribution in [0.25, 0.3) is 16.9 Å². The molecule has 0 bridgehead atoms. The molecule has 3 aromatic rings. The van der Waals surface area contributed by atoms with Crippen LogP contribution in [-0.4, -0.2) is 23.4 Å². The van der Waals surface area contributed by atoms with Crippen LogP contribution in [0.5, 0.6) is 0 Å². The van der Waals surface area contributed by atoms with Gasteiger partial charge in [-0.15, -0.1) is 0 Å². The number of carbonyl (C=O) groups is 2. The SMILES string of the molecule is COC(=O)c1c(C(C)=O)cn(-c2ccccc2)c1-c1ccccc1. The van der Waals surface area contributed by atoms with Gasteiger partial charge in [0.1, 0.15) is 0 Å². The van der Waals surface area contributed by atoms with E-state index < -0.39 is 5.97 Å². The number of hydrogen-bond donors (Lipinski definition) is 0. The molecule has 0 amide bonds. The summed E-state index contributed by atoms with van der Waals surface area (Å²) in [6.45, 7) is 1.45. The minimum atomic E-state index is -0.520. The number of rotatable bonds is 4. The Kier molecular flexibility index (Phi) is 4.29. The molecule has 3 rings (SSSR count). The fourth-order valence-electron chi connectivity index (χ4n) is 2.75. The standard InChI is InChI=1S/C20H17NO3/c1-14(22)17-13-21(16-11-7-4-8-12-16)19(18(17)20(23)24-2)15-9-5-3-6-10-15/h3-13H,1-2H3. The van der Waals surface area contributed by atoms with Crippen LogP contribution in [0.4, 0.5) is 0 Å². The van der Waals surface area contributed by atoms with Gasteiger partial charge in [-0.05, 0) is 24.6 Å². The summed E-state index contributed by atoms with van der Waals surface area (Å²) in [5.41, 5.74) is 3.01. The van der Waals surface area contributed by atoms with Gasteiger partial charge in [0.15, 0.2) is 5.78 Å². The highest BCUT2D eigenvalue weighted by molar-refractivity contribution is 6.09. The summed E-state index contributed by atoms with van der Waals surface area (Å²) >= 11 is 0. The number of esters is 1. The predicted octanol–water partition coefficient (Wildman–Crippen LogP) is 4.13. The van der Waals surface area contributed by atoms with E-state index >= 15 is 0 Å². The summed E-state index contributed by atoms with van der Waals surface area (Å²) in [6, 6.07) is 19.1. The normalized spacial score (nSPS) is 10.4. The average Bonchev–Trinajstić information content (AvgIpc) is 3.03. The molecule has 0 radical (unpaired) electrons. The lowest BCUT2D eigenvalue weighted by Gasteiger charge is -2.11. The molecule has 0 aliphatic heterocycles. The Morgan fingerprint density at radius 1 is 0.917 bits per heavy atom. The third-order valence-electron chi connectivity index (χ3n) is 3.86. The maximum atomic E-state index is 12.4. The van der Waals surface area contributed by atoms with Crippen molar-refractivity contribution in [1.29, 1.82) is 0 Å². The van der Waals surface area contributed by atoms with Crippen LogP contribution in [0.3, 0.4) is 0 Å². The van der Waals surface area contributed by atoms with E-state index in [1.54, 1.807) is 6.20 Å². The Labute approximate surface area is 140 Å². The molecule has 0 aliphatic rings. The van der Waals surface area contributed by atoms with Crippen molar-refractivity contribution < 1.29 is 14.3 Å². The Hall–Kier alpha value is -3.14. The van der Waals surface area contributed by atoms with Gasteiger partial charge in [0.05, 0.1) is 23.9 Å². The van der Waals surface area contributed by atoms with Crippen LogP contribution in [0, 0.1) is 0 Å². The Morgan fingerprint density at radius 2 is 1.50 bits per heavy atom. The van der Waals surface area contributed by atoms with Gasteiger partial charge in [0, 0.05) is 11.9 Å². The van der Waals surface area contributed by atoms with Crippen LogP contribution in [0.2, 0.25) is 0 Å². The van der Waals surface area contributed by atoms with Gasteiger partial charge in [-0.25, -0.2) is 4.79 Å². The van der Waals surface area contributed by atoms with Crippen molar-refractivity contribution >= 4 is 11.8 Å². The molecule has 4 nitrogen and oxygen atoms in total. The molecular weight excluding hydrogens is 302 g/mol. The van der Waals surface area contributed by atoms with E-state index in [1.165, 1.54) is 14.0 Å². The third kappa shape index (κ3) is 2.74. The van der Waals surface area contributed by atoms with Gasteiger partial charge in [-0.2, -0.15) is 0 Å². The van der Waals surface area contributed by atoms with Crippen LogP contribution in [0.15, 0.2) is 66.9 Å². The highest BCUT2D eigenvalue weighted by Gasteiger charge is 2.26. The first-order valence-corrected chi connectivity index (χ1v) is 7.59. The largest absolute Gasteiger partial charge is 0.465 e. The Balaban J connectivity index is 2.37. The second-order valence-corrected chi connectivity index (χ2v) is 5.39. The van der Waals surface area contributed by atoms with Gasteiger partial charge in [0.2, 0.25) is 0 Å². The molecule has 24 heavy (non-hydrogen) atoms. The van der Waals surface area contributed by atoms with Crippen LogP contribution in [0.1, 0.15) is 27.6 Å². The molecule has 0 unspecified atom stereocenters. The quantitative estimate of drug-likeness (QED) is 0.536. The zero-order chi connectivity index (χ0) is 17.1. The lowest BCUT2D eigenvalue weighted by Crippen LogP contribution is -2.08. The first kappa shape index (κ1) is 15.7. The maximum Gasteiger partial charge on any atom is 0.340 e. The number of ketones is 1. The fourth-order valence-corrected chi connectivity index (χ4v) is 2.75. The lowest BCUT2D eigenvalue weighted by molar-refractivity contribution is 0.0598. The zero-order valence-corrected chi connectivity index (χ0v) is 13.5. The van der Waals surface area contributed by atoms with Crippen molar-refractivity contribution in [2.24, 2.45) is 0 Å². The molecule has 0 saturated heterocycles. The summed E-state index contributed by atoms with van der Waals surface area (Å²) < 4.78 is 6.79. The number of hydrogen-bond acceptors (Lipinski definition) is 3. The minimum Gasteiger partial charge on any atom is -0.465 e. The van der Waals surface area contributed by atoms with Gasteiger partial charge < -0.3 is 9.30 Å². The highest BCUT2D eigenvalue weighted by atomic mass is 16.5. The average molecular weight is 319 g/mol. The molecule has 0 N–H and O–H groups in total. The van der Waals surface area contributed by atoms with E-state index in [9.17, 15) is 9.59 Å². The topological polar surface area (TPSA) is 48.3 Å². The van der Waals surface area contributed by atoms with E-state index in [1.807, 2.05) is 65.2 Å². The van der Waals surface area contributed by atoms with Crippen molar-refractivity contribution in [3.8, 4) is 16.9 Å². The van der Waals surface area contributed by atoms with Crippen LogP contribution >= 0.6 is 0 Å². The summed E-state index contributed by atoms with van der Waals surface area (Å²) in [7, 11) is 1.32. The summed E-state index contributed by atoms with van der Waals surface area (Å²) in [5.74, 6) is -0.698. The minimum absolute atomic E-state index is 0.178. The van der Waals surface area contributed by atoms with Gasteiger partial charge in [-0.3, -0.25) is 4.79 Å². The van der Waals surface area contributed by atoms with Crippen molar-refractivity contribution in [3.63, 3.8) is 0 Å². The number of methoxy groups -OCH3 is 1. The molecule has 120 valence electrons. The Morgan fingerprint density at radius 3 is 2.04 bits per heavy atom. The van der Waals surface area contributed by atoms with Gasteiger partial charge in [-0.1, -0.05) is 48.5 Å². The molecule has 1 aromatic heterocycles. The summed E-state index contributed by atoms with van der Waals surface area (Å²) in [6.07, 6.45) is 1.70. The smallest absolute Gasteiger partial charge is 0.340 e. The number of nitrogens with zero attached hydrogens (tertiary/aromatic N) is 1. The monoisotopic (exact) mass is 319 g/mol. The van der Waals surface area contributed by atoms with E-state index in [2.05, 4.69) is 0 Å². The van der Waals surface area contributed by atoms with E-state index in [-0.39, 0.29) is 5.78 Å². The molecule has 0 aliphatic carbocycles. The van der Waals surface area contributed by atoms with E-state index in [0.29, 0.717) is 16.8 Å². The third-order valence-corrected chi connectivity index (χ3v) is 3.86. The molecule has 0 saturated carbocycles. The van der Waals surface area contributed by atoms with E-state index in [0.717, 1.165) is 11.3 Å². The number of carbonyl (C=O) groups excluding carboxylic acids is 2. The second-order valence-electron chi connectivity index (χ2n) is 5.39. The summed E-state index contributed by atoms with van der Waals surface area (Å²) in [5, 5.41) is 0. The van der Waals surface area contributed by atoms with Gasteiger partial charge >= 0.3 is 5.97 Å². The molecule has 0 spiro atoms. The molecule has 2 aromatic carbocycles. The maximum absolute atomic E-state index is 12.4. The predicted molar refractivity (Wildman–Crippen MR) is 92.5 cm³/mol. The lowest BCUT2D eigenvalue weighted by atomic mass is 10.0. The van der Waals surface area contributed by atoms with Crippen molar-refractivity contribution in [3.05, 3.63) is 78.0 Å². The molecule has 4 heteroatoms. The number of para-hydroxylation sites is 1. The van der Waals surface area contributed by atoms with Gasteiger partial charge in [0.25, 0.3) is 0 Å².